The van der Waals surface area contributed by atoms with Gasteiger partial charge in [0.2, 0.25) is 0 Å². The van der Waals surface area contributed by atoms with Gasteiger partial charge in [-0.3, -0.25) is 0 Å². The maximum absolute atomic E-state index is 5.71. The molecule has 0 radical (unpaired) electrons. The Morgan fingerprint density at radius 3 is 3.00 bits per heavy atom. The smallest absolute Gasteiger partial charge is 0.0826 e. The second-order valence-corrected chi connectivity index (χ2v) is 5.00. The molecule has 2 rings (SSSR count). The van der Waals surface area contributed by atoms with Gasteiger partial charge < -0.3 is 19.7 Å². The summed E-state index contributed by atoms with van der Waals surface area (Å²) in [5.74, 6) is 0. The van der Waals surface area contributed by atoms with Crippen LogP contribution in [0.3, 0.4) is 0 Å². The maximum Gasteiger partial charge on any atom is 0.0826 e. The van der Waals surface area contributed by atoms with Gasteiger partial charge in [0.15, 0.2) is 0 Å². The summed E-state index contributed by atoms with van der Waals surface area (Å²) in [5, 5.41) is 3.57. The highest BCUT2D eigenvalue weighted by molar-refractivity contribution is 4.88. The lowest BCUT2D eigenvalue weighted by Gasteiger charge is -2.33. The van der Waals surface area contributed by atoms with Gasteiger partial charge in [0.25, 0.3) is 0 Å². The molecule has 0 amide bonds. The number of hydrogen-bond donors (Lipinski definition) is 1. The van der Waals surface area contributed by atoms with E-state index in [-0.39, 0.29) is 5.54 Å². The summed E-state index contributed by atoms with van der Waals surface area (Å²) in [6.45, 7) is 7.82. The van der Waals surface area contributed by atoms with Crippen molar-refractivity contribution in [3.63, 3.8) is 0 Å². The average molecular weight is 214 g/mol. The monoisotopic (exact) mass is 214 g/mol. The number of rotatable bonds is 3. The van der Waals surface area contributed by atoms with Crippen LogP contribution in [-0.4, -0.2) is 63.0 Å². The zero-order valence-electron chi connectivity index (χ0n) is 9.79. The Hall–Kier alpha value is -0.160. The first-order chi connectivity index (χ1) is 7.18. The quantitative estimate of drug-likeness (QED) is 0.722. The molecule has 1 N–H and O–H groups in total. The molecule has 88 valence electrons. The van der Waals surface area contributed by atoms with E-state index in [0.29, 0.717) is 6.10 Å². The van der Waals surface area contributed by atoms with E-state index in [9.17, 15) is 0 Å². The molecule has 2 aliphatic heterocycles. The van der Waals surface area contributed by atoms with Gasteiger partial charge in [0.1, 0.15) is 0 Å². The molecule has 2 aliphatic rings. The van der Waals surface area contributed by atoms with Crippen molar-refractivity contribution >= 4 is 0 Å². The van der Waals surface area contributed by atoms with Crippen LogP contribution in [-0.2, 0) is 9.47 Å². The van der Waals surface area contributed by atoms with E-state index in [1.165, 1.54) is 0 Å². The largest absolute Gasteiger partial charge is 0.379 e. The molecule has 4 nitrogen and oxygen atoms in total. The van der Waals surface area contributed by atoms with Crippen LogP contribution in [0.1, 0.15) is 13.3 Å². The van der Waals surface area contributed by atoms with Crippen molar-refractivity contribution in [1.82, 2.24) is 10.2 Å². The number of nitrogens with zero attached hydrogens (tertiary/aromatic N) is 1. The van der Waals surface area contributed by atoms with E-state index in [2.05, 4.69) is 24.2 Å². The first-order valence-corrected chi connectivity index (χ1v) is 5.81. The molecule has 15 heavy (non-hydrogen) atoms. The number of nitrogens with one attached hydrogen (secondary N) is 1. The normalized spacial score (nSPS) is 38.4. The molecular weight excluding hydrogens is 192 g/mol. The van der Waals surface area contributed by atoms with E-state index in [4.69, 9.17) is 9.47 Å². The average Bonchev–Trinajstić information content (AvgIpc) is 2.63. The molecule has 2 unspecified atom stereocenters. The lowest BCUT2D eigenvalue weighted by atomic mass is 10.0. The molecule has 4 heteroatoms. The van der Waals surface area contributed by atoms with E-state index >= 15 is 0 Å². The van der Waals surface area contributed by atoms with Crippen LogP contribution in [0.15, 0.2) is 0 Å². The van der Waals surface area contributed by atoms with Gasteiger partial charge in [-0.15, -0.1) is 0 Å². The van der Waals surface area contributed by atoms with Gasteiger partial charge >= 0.3 is 0 Å². The molecule has 2 fully saturated rings. The zero-order valence-corrected chi connectivity index (χ0v) is 9.79. The highest BCUT2D eigenvalue weighted by Crippen LogP contribution is 2.17. The predicted molar refractivity (Wildman–Crippen MR) is 59.1 cm³/mol. The van der Waals surface area contributed by atoms with E-state index < -0.39 is 0 Å². The second kappa shape index (κ2) is 4.78. The minimum absolute atomic E-state index is 0.166. The van der Waals surface area contributed by atoms with Crippen LogP contribution < -0.4 is 5.32 Å². The van der Waals surface area contributed by atoms with Gasteiger partial charge in [-0.25, -0.2) is 0 Å². The molecule has 0 aromatic rings. The molecule has 0 aromatic carbocycles. The number of hydrogen-bond acceptors (Lipinski definition) is 4. The van der Waals surface area contributed by atoms with Crippen LogP contribution >= 0.6 is 0 Å². The topological polar surface area (TPSA) is 33.7 Å². The number of ether oxygens (including phenoxy) is 2. The molecule has 0 aromatic heterocycles. The van der Waals surface area contributed by atoms with Gasteiger partial charge in [-0.2, -0.15) is 0 Å². The molecule has 0 saturated carbocycles. The highest BCUT2D eigenvalue weighted by Gasteiger charge is 2.30. The van der Waals surface area contributed by atoms with Gasteiger partial charge in [-0.1, -0.05) is 0 Å². The van der Waals surface area contributed by atoms with Gasteiger partial charge in [0.05, 0.1) is 19.3 Å². The van der Waals surface area contributed by atoms with E-state index in [1.54, 1.807) is 0 Å². The maximum atomic E-state index is 5.71. The van der Waals surface area contributed by atoms with Crippen molar-refractivity contribution in [3.8, 4) is 0 Å². The Bertz CT molecular complexity index is 205. The van der Waals surface area contributed by atoms with E-state index in [0.717, 1.165) is 45.9 Å². The predicted octanol–water partition coefficient (Wildman–Crippen LogP) is 0.0856. The fourth-order valence-electron chi connectivity index (χ4n) is 2.16. The molecule has 2 saturated heterocycles. The van der Waals surface area contributed by atoms with Gasteiger partial charge in [-0.05, 0) is 20.4 Å². The first kappa shape index (κ1) is 11.3. The van der Waals surface area contributed by atoms with Crippen molar-refractivity contribution in [3.05, 3.63) is 0 Å². The summed E-state index contributed by atoms with van der Waals surface area (Å²) >= 11 is 0. The van der Waals surface area contributed by atoms with Crippen molar-refractivity contribution in [2.45, 2.75) is 25.0 Å². The third-order valence-corrected chi connectivity index (χ3v) is 3.32. The minimum Gasteiger partial charge on any atom is -0.379 e. The Labute approximate surface area is 91.9 Å². The minimum atomic E-state index is 0.166. The highest BCUT2D eigenvalue weighted by atomic mass is 16.5. The summed E-state index contributed by atoms with van der Waals surface area (Å²) in [5.41, 5.74) is 0.166. The molecule has 0 aliphatic carbocycles. The molecular formula is C11H22N2O2. The molecule has 2 atom stereocenters. The Kier molecular flexibility index (Phi) is 3.61. The summed E-state index contributed by atoms with van der Waals surface area (Å²) in [6, 6.07) is 0. The first-order valence-electron chi connectivity index (χ1n) is 5.81. The van der Waals surface area contributed by atoms with Crippen LogP contribution in [0.25, 0.3) is 0 Å². The summed E-state index contributed by atoms with van der Waals surface area (Å²) in [6.07, 6.45) is 1.44. The lowest BCUT2D eigenvalue weighted by molar-refractivity contribution is -0.0215. The second-order valence-electron chi connectivity index (χ2n) is 5.00. The van der Waals surface area contributed by atoms with Crippen LogP contribution in [0.5, 0.6) is 0 Å². The Morgan fingerprint density at radius 2 is 2.33 bits per heavy atom. The zero-order chi connectivity index (χ0) is 10.7. The van der Waals surface area contributed by atoms with Crippen molar-refractivity contribution < 1.29 is 9.47 Å². The third kappa shape index (κ3) is 3.14. The SMILES string of the molecule is CN1CCOC(CNC2(C)CCOC2)C1. The van der Waals surface area contributed by atoms with Crippen LogP contribution in [0.2, 0.25) is 0 Å². The fraction of sp³-hybridized carbons (Fsp3) is 1.00. The summed E-state index contributed by atoms with van der Waals surface area (Å²) in [4.78, 5) is 2.32. The van der Waals surface area contributed by atoms with Crippen molar-refractivity contribution in [2.75, 3.05) is 46.5 Å². The molecule has 0 spiro atoms. The van der Waals surface area contributed by atoms with Crippen LogP contribution in [0.4, 0.5) is 0 Å². The lowest BCUT2D eigenvalue weighted by Crippen LogP contribution is -2.51. The number of morpholine rings is 1. The number of likely N-dealkylation sites (N-methyl/N-ethyl adjacent to an activating group) is 1. The summed E-state index contributed by atoms with van der Waals surface area (Å²) in [7, 11) is 2.15. The summed E-state index contributed by atoms with van der Waals surface area (Å²) < 4.78 is 11.1. The van der Waals surface area contributed by atoms with Crippen molar-refractivity contribution in [2.24, 2.45) is 0 Å². The standard InChI is InChI=1S/C11H22N2O2/c1-11(3-5-14-9-11)12-7-10-8-13(2)4-6-15-10/h10,12H,3-9H2,1-2H3. The Balaban J connectivity index is 1.72. The van der Waals surface area contributed by atoms with Crippen LogP contribution in [0, 0.1) is 0 Å². The van der Waals surface area contributed by atoms with Gasteiger partial charge in [0, 0.05) is 31.8 Å². The Morgan fingerprint density at radius 1 is 1.47 bits per heavy atom. The van der Waals surface area contributed by atoms with E-state index in [1.807, 2.05) is 0 Å². The fourth-order valence-corrected chi connectivity index (χ4v) is 2.16. The van der Waals surface area contributed by atoms with Crippen molar-refractivity contribution in [1.29, 1.82) is 0 Å². The molecule has 2 heterocycles. The third-order valence-electron chi connectivity index (χ3n) is 3.32. The molecule has 0 bridgehead atoms.